The molecule has 1 aromatic rings. The van der Waals surface area contributed by atoms with Gasteiger partial charge < -0.3 is 5.32 Å². The number of aromatic nitrogens is 1. The van der Waals surface area contributed by atoms with Gasteiger partial charge in [0.15, 0.2) is 0 Å². The fraction of sp³-hybridized carbons (Fsp3) is 0.500. The van der Waals surface area contributed by atoms with E-state index in [-0.39, 0.29) is 17.6 Å². The van der Waals surface area contributed by atoms with E-state index in [1.54, 1.807) is 6.20 Å². The molecule has 0 spiro atoms. The minimum Gasteiger partial charge on any atom is -0.356 e. The summed E-state index contributed by atoms with van der Waals surface area (Å²) in [7, 11) is 0. The number of nitrogens with zero attached hydrogens (tertiary/aromatic N) is 1. The van der Waals surface area contributed by atoms with Crippen molar-refractivity contribution < 1.29 is 9.59 Å². The predicted molar refractivity (Wildman–Crippen MR) is 67.9 cm³/mol. The highest BCUT2D eigenvalue weighted by molar-refractivity contribution is 5.84. The maximum atomic E-state index is 11.9. The third-order valence-electron chi connectivity index (χ3n) is 3.35. The second-order valence-corrected chi connectivity index (χ2v) is 4.72. The molecule has 1 saturated carbocycles. The van der Waals surface area contributed by atoms with Gasteiger partial charge in [0.05, 0.1) is 0 Å². The molecule has 2 rings (SSSR count). The molecule has 4 nitrogen and oxygen atoms in total. The SMILES string of the molecule is O=C1CCC(C(=O)NCCc2cccnc2)CC1. The highest BCUT2D eigenvalue weighted by Gasteiger charge is 2.24. The molecule has 1 aliphatic carbocycles. The van der Waals surface area contributed by atoms with E-state index in [1.165, 1.54) is 0 Å². The molecule has 4 heteroatoms. The lowest BCUT2D eigenvalue weighted by molar-refractivity contribution is -0.128. The van der Waals surface area contributed by atoms with E-state index in [1.807, 2.05) is 18.3 Å². The van der Waals surface area contributed by atoms with Crippen LogP contribution in [0.25, 0.3) is 0 Å². The molecule has 1 fully saturated rings. The van der Waals surface area contributed by atoms with Crippen molar-refractivity contribution >= 4 is 11.7 Å². The molecule has 1 amide bonds. The molecule has 0 bridgehead atoms. The van der Waals surface area contributed by atoms with Crippen LogP contribution >= 0.6 is 0 Å². The second-order valence-electron chi connectivity index (χ2n) is 4.72. The Hall–Kier alpha value is -1.71. The number of hydrogen-bond acceptors (Lipinski definition) is 3. The zero-order chi connectivity index (χ0) is 12.8. The van der Waals surface area contributed by atoms with E-state index < -0.39 is 0 Å². The van der Waals surface area contributed by atoms with Crippen molar-refractivity contribution in [2.45, 2.75) is 32.1 Å². The summed E-state index contributed by atoms with van der Waals surface area (Å²) in [5.41, 5.74) is 1.12. The molecule has 0 atom stereocenters. The molecule has 0 saturated heterocycles. The van der Waals surface area contributed by atoms with Crippen molar-refractivity contribution in [1.29, 1.82) is 0 Å². The predicted octanol–water partition coefficient (Wildman–Crippen LogP) is 1.50. The Bertz CT molecular complexity index is 407. The topological polar surface area (TPSA) is 59.1 Å². The Morgan fingerprint density at radius 1 is 1.39 bits per heavy atom. The average Bonchev–Trinajstić information content (AvgIpc) is 2.40. The van der Waals surface area contributed by atoms with Crippen LogP contribution in [0.5, 0.6) is 0 Å². The molecule has 1 aliphatic rings. The summed E-state index contributed by atoms with van der Waals surface area (Å²) < 4.78 is 0. The first-order valence-corrected chi connectivity index (χ1v) is 6.44. The molecular formula is C14H18N2O2. The first-order chi connectivity index (χ1) is 8.75. The van der Waals surface area contributed by atoms with Gasteiger partial charge in [0, 0.05) is 37.7 Å². The number of hydrogen-bond donors (Lipinski definition) is 1. The number of rotatable bonds is 4. The summed E-state index contributed by atoms with van der Waals surface area (Å²) in [6.45, 7) is 0.634. The number of pyridine rings is 1. The van der Waals surface area contributed by atoms with Gasteiger partial charge in [-0.3, -0.25) is 14.6 Å². The lowest BCUT2D eigenvalue weighted by atomic mass is 9.88. The standard InChI is InChI=1S/C14H18N2O2/c17-13-5-3-12(4-6-13)14(18)16-9-7-11-2-1-8-15-10-11/h1-2,8,10,12H,3-7,9H2,(H,16,18). The fourth-order valence-electron chi connectivity index (χ4n) is 2.22. The van der Waals surface area contributed by atoms with Crippen molar-refractivity contribution in [3.63, 3.8) is 0 Å². The Labute approximate surface area is 107 Å². The van der Waals surface area contributed by atoms with E-state index >= 15 is 0 Å². The summed E-state index contributed by atoms with van der Waals surface area (Å²) in [5.74, 6) is 0.400. The number of carbonyl (C=O) groups is 2. The number of ketones is 1. The molecule has 1 aromatic heterocycles. The Morgan fingerprint density at radius 3 is 2.83 bits per heavy atom. The average molecular weight is 246 g/mol. The third kappa shape index (κ3) is 3.65. The number of nitrogens with one attached hydrogen (secondary N) is 1. The van der Waals surface area contributed by atoms with E-state index in [9.17, 15) is 9.59 Å². The third-order valence-corrected chi connectivity index (χ3v) is 3.35. The summed E-state index contributed by atoms with van der Waals surface area (Å²) in [6.07, 6.45) is 6.87. The maximum Gasteiger partial charge on any atom is 0.223 e. The molecule has 0 aliphatic heterocycles. The molecule has 18 heavy (non-hydrogen) atoms. The minimum absolute atomic E-state index is 0.0246. The van der Waals surface area contributed by atoms with Crippen molar-refractivity contribution in [3.8, 4) is 0 Å². The van der Waals surface area contributed by atoms with Crippen LogP contribution in [0.15, 0.2) is 24.5 Å². The van der Waals surface area contributed by atoms with Gasteiger partial charge in [-0.2, -0.15) is 0 Å². The smallest absolute Gasteiger partial charge is 0.223 e. The molecule has 1 N–H and O–H groups in total. The van der Waals surface area contributed by atoms with Gasteiger partial charge >= 0.3 is 0 Å². The van der Waals surface area contributed by atoms with Crippen LogP contribution in [0.1, 0.15) is 31.2 Å². The Morgan fingerprint density at radius 2 is 2.17 bits per heavy atom. The van der Waals surface area contributed by atoms with Crippen molar-refractivity contribution in [1.82, 2.24) is 10.3 Å². The largest absolute Gasteiger partial charge is 0.356 e. The summed E-state index contributed by atoms with van der Waals surface area (Å²) in [5, 5.41) is 2.94. The van der Waals surface area contributed by atoms with E-state index in [0.717, 1.165) is 12.0 Å². The number of carbonyl (C=O) groups excluding carboxylic acids is 2. The minimum atomic E-state index is 0.0246. The Kier molecular flexibility index (Phi) is 4.45. The molecule has 0 radical (unpaired) electrons. The van der Waals surface area contributed by atoms with E-state index in [4.69, 9.17) is 0 Å². The molecule has 96 valence electrons. The van der Waals surface area contributed by atoms with Crippen LogP contribution in [0.2, 0.25) is 0 Å². The summed E-state index contributed by atoms with van der Waals surface area (Å²) in [6, 6.07) is 3.89. The number of amides is 1. The van der Waals surface area contributed by atoms with Gasteiger partial charge in [-0.05, 0) is 30.9 Å². The van der Waals surface area contributed by atoms with Crippen molar-refractivity contribution in [3.05, 3.63) is 30.1 Å². The highest BCUT2D eigenvalue weighted by atomic mass is 16.2. The van der Waals surface area contributed by atoms with Crippen LogP contribution in [0.3, 0.4) is 0 Å². The summed E-state index contributed by atoms with van der Waals surface area (Å²) >= 11 is 0. The van der Waals surface area contributed by atoms with Gasteiger partial charge in [0.2, 0.25) is 5.91 Å². The normalized spacial score (nSPS) is 16.6. The zero-order valence-electron chi connectivity index (χ0n) is 10.4. The quantitative estimate of drug-likeness (QED) is 0.875. The Balaban J connectivity index is 1.70. The second kappa shape index (κ2) is 6.28. The molecule has 0 aromatic carbocycles. The monoisotopic (exact) mass is 246 g/mol. The first-order valence-electron chi connectivity index (χ1n) is 6.44. The van der Waals surface area contributed by atoms with Crippen LogP contribution in [0, 0.1) is 5.92 Å². The van der Waals surface area contributed by atoms with Crippen LogP contribution in [0.4, 0.5) is 0 Å². The van der Waals surface area contributed by atoms with Crippen molar-refractivity contribution in [2.24, 2.45) is 5.92 Å². The van der Waals surface area contributed by atoms with Crippen LogP contribution in [-0.2, 0) is 16.0 Å². The van der Waals surface area contributed by atoms with Crippen LogP contribution < -0.4 is 5.32 Å². The van der Waals surface area contributed by atoms with Crippen LogP contribution in [-0.4, -0.2) is 23.2 Å². The maximum absolute atomic E-state index is 11.9. The van der Waals surface area contributed by atoms with Gasteiger partial charge in [0.25, 0.3) is 0 Å². The first kappa shape index (κ1) is 12.7. The van der Waals surface area contributed by atoms with Gasteiger partial charge in [-0.15, -0.1) is 0 Å². The number of Topliss-reactive ketones (excluding diaryl/α,β-unsaturated/α-hetero) is 1. The molecular weight excluding hydrogens is 228 g/mol. The lowest BCUT2D eigenvalue weighted by Gasteiger charge is -2.20. The van der Waals surface area contributed by atoms with E-state index in [0.29, 0.717) is 32.2 Å². The highest BCUT2D eigenvalue weighted by Crippen LogP contribution is 2.21. The fourth-order valence-corrected chi connectivity index (χ4v) is 2.22. The van der Waals surface area contributed by atoms with E-state index in [2.05, 4.69) is 10.3 Å². The molecule has 1 heterocycles. The zero-order valence-corrected chi connectivity index (χ0v) is 10.4. The van der Waals surface area contributed by atoms with Gasteiger partial charge in [-0.25, -0.2) is 0 Å². The molecule has 0 unspecified atom stereocenters. The summed E-state index contributed by atoms with van der Waals surface area (Å²) in [4.78, 5) is 27.0. The van der Waals surface area contributed by atoms with Gasteiger partial charge in [0.1, 0.15) is 5.78 Å². The van der Waals surface area contributed by atoms with Crippen molar-refractivity contribution in [2.75, 3.05) is 6.54 Å². The lowest BCUT2D eigenvalue weighted by Crippen LogP contribution is -2.34. The van der Waals surface area contributed by atoms with Gasteiger partial charge in [-0.1, -0.05) is 6.07 Å².